The molecule has 0 saturated carbocycles. The second-order valence-corrected chi connectivity index (χ2v) is 13.8. The molecule has 4 aromatic rings. The number of ketones is 1. The molecule has 0 spiro atoms. The van der Waals surface area contributed by atoms with Crippen molar-refractivity contribution in [3.05, 3.63) is 83.9 Å². The van der Waals surface area contributed by atoms with Gasteiger partial charge in [-0.05, 0) is 18.4 Å². The fourth-order valence-corrected chi connectivity index (χ4v) is 6.13. The van der Waals surface area contributed by atoms with Gasteiger partial charge in [-0.2, -0.15) is 0 Å². The molecule has 0 aliphatic heterocycles. The molecule has 0 aliphatic rings. The fourth-order valence-electron chi connectivity index (χ4n) is 4.79. The van der Waals surface area contributed by atoms with Crippen LogP contribution in [0.4, 0.5) is 5.82 Å². The molecule has 2 heterocycles. The summed E-state index contributed by atoms with van der Waals surface area (Å²) in [6.07, 6.45) is 3.42. The lowest BCUT2D eigenvalue weighted by molar-refractivity contribution is -0.147. The highest BCUT2D eigenvalue weighted by Gasteiger charge is 2.27. The van der Waals surface area contributed by atoms with Crippen LogP contribution in [0.3, 0.4) is 0 Å². The fraction of sp³-hybridized carbons (Fsp3) is 0.429. The minimum atomic E-state index is -3.84. The molecule has 0 amide bonds. The van der Waals surface area contributed by atoms with Gasteiger partial charge in [0, 0.05) is 24.1 Å². The maximum Gasteiger partial charge on any atom is 0.356 e. The van der Waals surface area contributed by atoms with Crippen molar-refractivity contribution in [3.8, 4) is 0 Å². The number of nitrogen functional groups attached to an aromatic ring is 1. The predicted octanol–water partition coefficient (Wildman–Crippen LogP) is 4.49. The Bertz CT molecular complexity index is 1790. The largest absolute Gasteiger partial charge is 0.465 e. The summed E-state index contributed by atoms with van der Waals surface area (Å²) in [7, 11) is -3.84. The monoisotopic (exact) mass is 724 g/mol. The number of imidazole rings is 1. The van der Waals surface area contributed by atoms with E-state index in [9.17, 15) is 18.9 Å². The first-order valence-electron chi connectivity index (χ1n) is 16.7. The van der Waals surface area contributed by atoms with Gasteiger partial charge < -0.3 is 39.3 Å². The van der Waals surface area contributed by atoms with Gasteiger partial charge in [0.15, 0.2) is 17.2 Å². The van der Waals surface area contributed by atoms with Crippen LogP contribution in [-0.2, 0) is 44.0 Å². The summed E-state index contributed by atoms with van der Waals surface area (Å²) in [6.45, 7) is 5.44. The van der Waals surface area contributed by atoms with Gasteiger partial charge in [0.1, 0.15) is 30.8 Å². The first-order chi connectivity index (χ1) is 24.5. The molecule has 51 heavy (non-hydrogen) atoms. The lowest BCUT2D eigenvalue weighted by Crippen LogP contribution is -2.38. The maximum atomic E-state index is 13.6. The lowest BCUT2D eigenvalue weighted by Gasteiger charge is -2.20. The van der Waals surface area contributed by atoms with E-state index in [1.54, 1.807) is 66.3 Å². The van der Waals surface area contributed by atoms with Crippen molar-refractivity contribution >= 4 is 42.3 Å². The molecule has 0 bridgehead atoms. The van der Waals surface area contributed by atoms with Crippen LogP contribution in [0.2, 0.25) is 0 Å². The molecular formula is C35H45N6O9P. The van der Waals surface area contributed by atoms with Crippen LogP contribution in [-0.4, -0.2) is 82.7 Å². The van der Waals surface area contributed by atoms with Crippen molar-refractivity contribution in [2.24, 2.45) is 11.7 Å². The molecular weight excluding hydrogens is 679 g/mol. The Morgan fingerprint density at radius 3 is 2.25 bits per heavy atom. The molecule has 2 aromatic carbocycles. The number of nitrogens with two attached hydrogens (primary N) is 2. The lowest BCUT2D eigenvalue weighted by atomic mass is 9.97. The number of ether oxygens (including phenoxy) is 3. The van der Waals surface area contributed by atoms with Crippen LogP contribution in [0.15, 0.2) is 67.3 Å². The summed E-state index contributed by atoms with van der Waals surface area (Å²) in [4.78, 5) is 50.0. The minimum absolute atomic E-state index is 0.00157. The number of hydrogen-bond donors (Lipinski definition) is 2. The SMILES string of the molecule is CCC(C)[C@@H](N)C(=O)OCCOP(=O)(COCCn1cnc2c(N)ncnc21)OCCCOC(=O)C(C)c1ccc(C(=O)c2ccccc2)cc1. The number of benzene rings is 2. The van der Waals surface area contributed by atoms with E-state index >= 15 is 0 Å². The summed E-state index contributed by atoms with van der Waals surface area (Å²) < 4.78 is 42.8. The van der Waals surface area contributed by atoms with Crippen molar-refractivity contribution in [2.45, 2.75) is 52.1 Å². The molecule has 2 aromatic heterocycles. The van der Waals surface area contributed by atoms with Crippen LogP contribution in [0, 0.1) is 5.92 Å². The van der Waals surface area contributed by atoms with Crippen molar-refractivity contribution in [3.63, 3.8) is 0 Å². The number of aromatic nitrogens is 4. The highest BCUT2D eigenvalue weighted by Crippen LogP contribution is 2.48. The summed E-state index contributed by atoms with van der Waals surface area (Å²) in [5.74, 6) is -1.54. The number of rotatable bonds is 21. The molecule has 3 unspecified atom stereocenters. The molecule has 274 valence electrons. The maximum absolute atomic E-state index is 13.6. The van der Waals surface area contributed by atoms with E-state index in [0.29, 0.717) is 40.8 Å². The Labute approximate surface area is 296 Å². The average Bonchev–Trinajstić information content (AvgIpc) is 3.58. The van der Waals surface area contributed by atoms with Crippen LogP contribution in [0.25, 0.3) is 11.2 Å². The third-order valence-electron chi connectivity index (χ3n) is 8.18. The van der Waals surface area contributed by atoms with E-state index in [1.807, 2.05) is 19.9 Å². The molecule has 16 heteroatoms. The quantitative estimate of drug-likeness (QED) is 0.0525. The zero-order valence-corrected chi connectivity index (χ0v) is 29.9. The molecule has 4 rings (SSSR count). The van der Waals surface area contributed by atoms with Crippen LogP contribution >= 0.6 is 7.60 Å². The third kappa shape index (κ3) is 11.2. The summed E-state index contributed by atoms with van der Waals surface area (Å²) in [5.41, 5.74) is 14.5. The van der Waals surface area contributed by atoms with E-state index < -0.39 is 37.8 Å². The Hall–Kier alpha value is -4.53. The zero-order valence-electron chi connectivity index (χ0n) is 29.0. The van der Waals surface area contributed by atoms with Crippen molar-refractivity contribution in [1.82, 2.24) is 19.5 Å². The molecule has 0 fully saturated rings. The minimum Gasteiger partial charge on any atom is -0.465 e. The molecule has 4 N–H and O–H groups in total. The number of esters is 2. The summed E-state index contributed by atoms with van der Waals surface area (Å²) in [6, 6.07) is 15.0. The van der Waals surface area contributed by atoms with Gasteiger partial charge in [0.25, 0.3) is 0 Å². The highest BCUT2D eigenvalue weighted by atomic mass is 31.2. The number of nitrogens with zero attached hydrogens (tertiary/aromatic N) is 4. The van der Waals surface area contributed by atoms with E-state index in [-0.39, 0.29) is 57.0 Å². The Kier molecular flexibility index (Phi) is 14.8. The predicted molar refractivity (Wildman–Crippen MR) is 189 cm³/mol. The standard InChI is InChI=1S/C35H45N6O9P/c1-4-24(2)29(36)35(44)48-19-20-50-51(45,23-46-18-15-41-22-40-30-32(37)38-21-39-33(30)41)49-17-8-16-47-34(43)25(3)26-11-13-28(14-12-26)31(42)27-9-6-5-7-10-27/h5-7,9-14,21-22,24-25,29H,4,8,15-20,23,36H2,1-3H3,(H2,37,38,39)/t24?,25?,29-,51?/m1/s1. The second-order valence-electron chi connectivity index (χ2n) is 11.8. The van der Waals surface area contributed by atoms with Gasteiger partial charge in [-0.15, -0.1) is 0 Å². The number of anilines is 1. The van der Waals surface area contributed by atoms with Crippen molar-refractivity contribution < 1.29 is 42.2 Å². The second kappa shape index (κ2) is 19.2. The Morgan fingerprint density at radius 1 is 0.843 bits per heavy atom. The number of carbonyl (C=O) groups is 3. The highest BCUT2D eigenvalue weighted by molar-refractivity contribution is 7.53. The number of fused-ring (bicyclic) bond motifs is 1. The molecule has 4 atom stereocenters. The molecule has 15 nitrogen and oxygen atoms in total. The van der Waals surface area contributed by atoms with Gasteiger partial charge >= 0.3 is 19.5 Å². The smallest absolute Gasteiger partial charge is 0.356 e. The van der Waals surface area contributed by atoms with Gasteiger partial charge in [-0.25, -0.2) is 15.0 Å². The van der Waals surface area contributed by atoms with Crippen molar-refractivity contribution in [2.75, 3.05) is 45.1 Å². The molecule has 0 aliphatic carbocycles. The first kappa shape index (κ1) is 39.3. The van der Waals surface area contributed by atoms with Crippen LogP contribution in [0.1, 0.15) is 61.0 Å². The summed E-state index contributed by atoms with van der Waals surface area (Å²) in [5, 5.41) is 0. The van der Waals surface area contributed by atoms with Gasteiger partial charge in [0.05, 0.1) is 38.7 Å². The topological polar surface area (TPSA) is 210 Å². The zero-order chi connectivity index (χ0) is 36.8. The normalized spacial score (nSPS) is 14.4. The number of carbonyl (C=O) groups excluding carboxylic acids is 3. The van der Waals surface area contributed by atoms with E-state index in [1.165, 1.54) is 6.33 Å². The van der Waals surface area contributed by atoms with Gasteiger partial charge in [-0.1, -0.05) is 74.9 Å². The van der Waals surface area contributed by atoms with E-state index in [2.05, 4.69) is 15.0 Å². The third-order valence-corrected chi connectivity index (χ3v) is 9.83. The first-order valence-corrected chi connectivity index (χ1v) is 18.4. The van der Waals surface area contributed by atoms with Gasteiger partial charge in [-0.3, -0.25) is 18.9 Å². The van der Waals surface area contributed by atoms with E-state index in [4.69, 9.17) is 34.7 Å². The van der Waals surface area contributed by atoms with E-state index in [0.717, 1.165) is 0 Å². The molecule has 0 saturated heterocycles. The van der Waals surface area contributed by atoms with Crippen LogP contribution in [0.5, 0.6) is 0 Å². The van der Waals surface area contributed by atoms with Crippen molar-refractivity contribution in [1.29, 1.82) is 0 Å². The number of hydrogen-bond acceptors (Lipinski definition) is 14. The average molecular weight is 725 g/mol. The summed E-state index contributed by atoms with van der Waals surface area (Å²) >= 11 is 0. The molecule has 0 radical (unpaired) electrons. The Balaban J connectivity index is 1.24. The van der Waals surface area contributed by atoms with Gasteiger partial charge in [0.2, 0.25) is 0 Å². The van der Waals surface area contributed by atoms with Crippen LogP contribution < -0.4 is 11.5 Å². The Morgan fingerprint density at radius 2 is 1.53 bits per heavy atom.